The molecule has 2 aromatic carbocycles. The van der Waals surface area contributed by atoms with Crippen molar-refractivity contribution in [2.24, 2.45) is 5.41 Å². The summed E-state index contributed by atoms with van der Waals surface area (Å²) in [4.78, 5) is 21.9. The summed E-state index contributed by atoms with van der Waals surface area (Å²) in [5.74, 6) is 0.188. The third-order valence-electron chi connectivity index (χ3n) is 7.07. The number of aromatic nitrogens is 2. The highest BCUT2D eigenvalue weighted by molar-refractivity contribution is 5.77. The molecule has 0 unspecified atom stereocenters. The third kappa shape index (κ3) is 6.17. The van der Waals surface area contributed by atoms with E-state index in [2.05, 4.69) is 25.7 Å². The average Bonchev–Trinajstić information content (AvgIpc) is 3.25. The third-order valence-corrected chi connectivity index (χ3v) is 7.07. The van der Waals surface area contributed by atoms with Crippen LogP contribution in [0.1, 0.15) is 38.4 Å². The summed E-state index contributed by atoms with van der Waals surface area (Å²) in [5, 5.41) is 0. The molecule has 0 N–H and O–H groups in total. The largest absolute Gasteiger partial charge is 0.416 e. The number of halogens is 3. The second kappa shape index (κ2) is 10.5. The van der Waals surface area contributed by atoms with Crippen molar-refractivity contribution in [1.29, 1.82) is 0 Å². The van der Waals surface area contributed by atoms with E-state index in [1.165, 1.54) is 12.1 Å². The Kier molecular flexibility index (Phi) is 7.25. The standard InChI is InChI=1S/C31H33F3N4O/c1-30(2,3)19-28(39)37-16-14-36(15-17-37)21-26-29(22-8-5-4-6-9-22)35-27-13-12-24(20-38(26)27)23-10-7-11-25(18-23)31(32,33)34/h4-13,18,20H,14-17,19,21H2,1-3H3. The molecule has 0 aliphatic carbocycles. The van der Waals surface area contributed by atoms with Crippen LogP contribution in [-0.4, -0.2) is 51.3 Å². The van der Waals surface area contributed by atoms with E-state index in [9.17, 15) is 18.0 Å². The van der Waals surface area contributed by atoms with Gasteiger partial charge in [-0.25, -0.2) is 4.98 Å². The normalized spacial score (nSPS) is 15.2. The van der Waals surface area contributed by atoms with Gasteiger partial charge in [0.05, 0.1) is 17.0 Å². The molecule has 0 radical (unpaired) electrons. The maximum atomic E-state index is 13.4. The van der Waals surface area contributed by atoms with Gasteiger partial charge in [0.15, 0.2) is 0 Å². The van der Waals surface area contributed by atoms with E-state index in [1.54, 1.807) is 6.07 Å². The van der Waals surface area contributed by atoms with Gasteiger partial charge in [-0.3, -0.25) is 9.69 Å². The number of carbonyl (C=O) groups excluding carboxylic acids is 1. The molecule has 39 heavy (non-hydrogen) atoms. The van der Waals surface area contributed by atoms with Gasteiger partial charge in [0.1, 0.15) is 5.65 Å². The number of amides is 1. The van der Waals surface area contributed by atoms with Crippen LogP contribution >= 0.6 is 0 Å². The molecule has 2 aromatic heterocycles. The summed E-state index contributed by atoms with van der Waals surface area (Å²) in [5.41, 5.74) is 4.00. The van der Waals surface area contributed by atoms with Gasteiger partial charge in [0, 0.05) is 50.9 Å². The van der Waals surface area contributed by atoms with E-state index in [0.29, 0.717) is 37.2 Å². The molecule has 8 heteroatoms. The Morgan fingerprint density at radius 2 is 1.54 bits per heavy atom. The predicted molar refractivity (Wildman–Crippen MR) is 147 cm³/mol. The lowest BCUT2D eigenvalue weighted by Crippen LogP contribution is -2.49. The lowest BCUT2D eigenvalue weighted by molar-refractivity contribution is -0.137. The van der Waals surface area contributed by atoms with Crippen molar-refractivity contribution in [3.8, 4) is 22.4 Å². The Bertz CT molecular complexity index is 1460. The molecule has 3 heterocycles. The second-order valence-corrected chi connectivity index (χ2v) is 11.4. The van der Waals surface area contributed by atoms with Crippen molar-refractivity contribution in [2.45, 2.75) is 39.9 Å². The first-order valence-electron chi connectivity index (χ1n) is 13.2. The van der Waals surface area contributed by atoms with Crippen molar-refractivity contribution in [2.75, 3.05) is 26.2 Å². The molecular formula is C31H33F3N4O. The summed E-state index contributed by atoms with van der Waals surface area (Å²) in [6, 6.07) is 19.0. The fraction of sp³-hybridized carbons (Fsp3) is 0.355. The number of alkyl halides is 3. The van der Waals surface area contributed by atoms with E-state index in [-0.39, 0.29) is 11.3 Å². The number of rotatable bonds is 5. The maximum Gasteiger partial charge on any atom is 0.416 e. The number of fused-ring (bicyclic) bond motifs is 1. The van der Waals surface area contributed by atoms with Gasteiger partial charge < -0.3 is 9.30 Å². The first-order chi connectivity index (χ1) is 18.5. The molecule has 1 fully saturated rings. The van der Waals surface area contributed by atoms with Crippen LogP contribution in [0.5, 0.6) is 0 Å². The van der Waals surface area contributed by atoms with Crippen LogP contribution in [0.15, 0.2) is 72.9 Å². The Morgan fingerprint density at radius 1 is 0.846 bits per heavy atom. The zero-order chi connectivity index (χ0) is 27.8. The van der Waals surface area contributed by atoms with Crippen LogP contribution in [0.25, 0.3) is 28.0 Å². The van der Waals surface area contributed by atoms with Crippen molar-refractivity contribution < 1.29 is 18.0 Å². The minimum Gasteiger partial charge on any atom is -0.340 e. The molecule has 4 aromatic rings. The van der Waals surface area contributed by atoms with E-state index in [0.717, 1.165) is 41.8 Å². The Labute approximate surface area is 226 Å². The summed E-state index contributed by atoms with van der Waals surface area (Å²) >= 11 is 0. The SMILES string of the molecule is CC(C)(C)CC(=O)N1CCN(Cc2c(-c3ccccc3)nc3ccc(-c4cccc(C(F)(F)F)c4)cn23)CC1. The molecule has 1 aliphatic heterocycles. The number of imidazole rings is 1. The lowest BCUT2D eigenvalue weighted by Gasteiger charge is -2.36. The fourth-order valence-electron chi connectivity index (χ4n) is 5.05. The number of hydrogen-bond acceptors (Lipinski definition) is 3. The van der Waals surface area contributed by atoms with E-state index >= 15 is 0 Å². The van der Waals surface area contributed by atoms with Crippen LogP contribution < -0.4 is 0 Å². The van der Waals surface area contributed by atoms with Gasteiger partial charge in [0.25, 0.3) is 0 Å². The number of pyridine rings is 1. The molecule has 1 aliphatic rings. The van der Waals surface area contributed by atoms with Gasteiger partial charge >= 0.3 is 6.18 Å². The first-order valence-corrected chi connectivity index (χ1v) is 13.2. The summed E-state index contributed by atoms with van der Waals surface area (Å²) in [6.45, 7) is 9.65. The first kappa shape index (κ1) is 26.9. The molecule has 204 valence electrons. The minimum atomic E-state index is -4.41. The highest BCUT2D eigenvalue weighted by Gasteiger charge is 2.30. The summed E-state index contributed by atoms with van der Waals surface area (Å²) < 4.78 is 42.1. The highest BCUT2D eigenvalue weighted by atomic mass is 19.4. The van der Waals surface area contributed by atoms with Crippen LogP contribution in [0.2, 0.25) is 0 Å². The number of carbonyl (C=O) groups is 1. The van der Waals surface area contributed by atoms with Crippen LogP contribution in [0, 0.1) is 5.41 Å². The number of piperazine rings is 1. The number of nitrogens with zero attached hydrogens (tertiary/aromatic N) is 4. The fourth-order valence-corrected chi connectivity index (χ4v) is 5.05. The Hall–Kier alpha value is -3.65. The van der Waals surface area contributed by atoms with E-state index in [1.807, 2.05) is 58.0 Å². The predicted octanol–water partition coefficient (Wildman–Crippen LogP) is 6.77. The molecule has 1 amide bonds. The maximum absolute atomic E-state index is 13.4. The topological polar surface area (TPSA) is 40.9 Å². The number of benzene rings is 2. The average molecular weight is 535 g/mol. The highest BCUT2D eigenvalue weighted by Crippen LogP contribution is 2.33. The quantitative estimate of drug-likeness (QED) is 0.284. The molecule has 0 atom stereocenters. The van der Waals surface area contributed by atoms with Gasteiger partial charge in [-0.05, 0) is 40.8 Å². The molecule has 5 nitrogen and oxygen atoms in total. The van der Waals surface area contributed by atoms with E-state index in [4.69, 9.17) is 4.98 Å². The Morgan fingerprint density at radius 3 is 2.21 bits per heavy atom. The van der Waals surface area contributed by atoms with Crippen molar-refractivity contribution in [1.82, 2.24) is 19.2 Å². The smallest absolute Gasteiger partial charge is 0.340 e. The Balaban J connectivity index is 1.46. The van der Waals surface area contributed by atoms with Crippen molar-refractivity contribution in [3.63, 3.8) is 0 Å². The molecule has 0 saturated carbocycles. The van der Waals surface area contributed by atoms with E-state index < -0.39 is 11.7 Å². The van der Waals surface area contributed by atoms with Crippen molar-refractivity contribution >= 4 is 11.6 Å². The monoisotopic (exact) mass is 534 g/mol. The minimum absolute atomic E-state index is 0.0490. The van der Waals surface area contributed by atoms with Gasteiger partial charge in [-0.1, -0.05) is 63.2 Å². The molecule has 5 rings (SSSR count). The van der Waals surface area contributed by atoms with Gasteiger partial charge in [-0.2, -0.15) is 13.2 Å². The van der Waals surface area contributed by atoms with Crippen LogP contribution in [0.4, 0.5) is 13.2 Å². The lowest BCUT2D eigenvalue weighted by atomic mass is 9.91. The second-order valence-electron chi connectivity index (χ2n) is 11.4. The van der Waals surface area contributed by atoms with Crippen molar-refractivity contribution in [3.05, 3.63) is 84.2 Å². The molecule has 1 saturated heterocycles. The zero-order valence-corrected chi connectivity index (χ0v) is 22.5. The zero-order valence-electron chi connectivity index (χ0n) is 22.5. The molecular weight excluding hydrogens is 501 g/mol. The summed E-state index contributed by atoms with van der Waals surface area (Å²) in [7, 11) is 0. The van der Waals surface area contributed by atoms with Gasteiger partial charge in [-0.15, -0.1) is 0 Å². The van der Waals surface area contributed by atoms with Crippen LogP contribution in [-0.2, 0) is 17.5 Å². The number of hydrogen-bond donors (Lipinski definition) is 0. The van der Waals surface area contributed by atoms with Gasteiger partial charge in [0.2, 0.25) is 5.91 Å². The van der Waals surface area contributed by atoms with Crippen LogP contribution in [0.3, 0.4) is 0 Å². The molecule has 0 spiro atoms. The summed E-state index contributed by atoms with van der Waals surface area (Å²) in [6.07, 6.45) is -2.00. The molecule has 0 bridgehead atoms.